The van der Waals surface area contributed by atoms with E-state index < -0.39 is 5.82 Å². The highest BCUT2D eigenvalue weighted by Crippen LogP contribution is 2.45. The van der Waals surface area contributed by atoms with Gasteiger partial charge in [-0.3, -0.25) is 5.10 Å². The summed E-state index contributed by atoms with van der Waals surface area (Å²) in [5.74, 6) is 0.386. The first kappa shape index (κ1) is 17.8. The zero-order valence-electron chi connectivity index (χ0n) is 15.5. The van der Waals surface area contributed by atoms with Crippen molar-refractivity contribution >= 4 is 28.6 Å². The van der Waals surface area contributed by atoms with E-state index in [9.17, 15) is 4.39 Å². The number of H-pyrrole nitrogens is 1. The van der Waals surface area contributed by atoms with Crippen LogP contribution in [0.4, 0.5) is 10.2 Å². The van der Waals surface area contributed by atoms with Crippen LogP contribution in [0.3, 0.4) is 0 Å². The first-order valence-corrected chi connectivity index (χ1v) is 10.1. The van der Waals surface area contributed by atoms with Crippen LogP contribution in [0.5, 0.6) is 0 Å². The Morgan fingerprint density at radius 2 is 2.07 bits per heavy atom. The highest BCUT2D eigenvalue weighted by Gasteiger charge is 2.43. The molecular formula is C20H22ClFN6. The lowest BCUT2D eigenvalue weighted by atomic mass is 9.74. The number of anilines is 1. The summed E-state index contributed by atoms with van der Waals surface area (Å²) >= 11 is 5.91. The molecule has 0 bridgehead atoms. The van der Waals surface area contributed by atoms with E-state index in [2.05, 4.69) is 20.1 Å². The Hall–Kier alpha value is -2.25. The Morgan fingerprint density at radius 3 is 2.79 bits per heavy atom. The number of aromatic amines is 1. The molecule has 0 unspecified atom stereocenters. The molecule has 1 saturated carbocycles. The van der Waals surface area contributed by atoms with Gasteiger partial charge in [-0.2, -0.15) is 5.10 Å². The van der Waals surface area contributed by atoms with E-state index in [1.54, 1.807) is 18.3 Å². The number of hydrogen-bond donors (Lipinski definition) is 2. The molecule has 1 aromatic carbocycles. The second-order valence-electron chi connectivity index (χ2n) is 7.98. The van der Waals surface area contributed by atoms with Gasteiger partial charge in [-0.25, -0.2) is 14.4 Å². The third-order valence-corrected chi connectivity index (χ3v) is 6.81. The Labute approximate surface area is 167 Å². The van der Waals surface area contributed by atoms with E-state index >= 15 is 0 Å². The van der Waals surface area contributed by atoms with Crippen LogP contribution in [0.1, 0.15) is 32.1 Å². The number of nitrogens with one attached hydrogen (secondary N) is 1. The second kappa shape index (κ2) is 6.67. The molecule has 2 fully saturated rings. The molecule has 2 aliphatic rings. The first-order valence-electron chi connectivity index (χ1n) is 9.73. The Bertz CT molecular complexity index is 1030. The lowest BCUT2D eigenvalue weighted by Gasteiger charge is -2.42. The van der Waals surface area contributed by atoms with Crippen molar-refractivity contribution in [2.75, 3.05) is 18.0 Å². The molecule has 3 aromatic rings. The zero-order chi connectivity index (χ0) is 19.3. The number of fused-ring (bicyclic) bond motifs is 1. The number of benzene rings is 1. The average Bonchev–Trinajstić information content (AvgIpc) is 3.28. The van der Waals surface area contributed by atoms with Crippen molar-refractivity contribution in [1.82, 2.24) is 20.2 Å². The van der Waals surface area contributed by atoms with Crippen LogP contribution in [-0.4, -0.2) is 39.3 Å². The number of rotatable bonds is 2. The molecule has 1 atom stereocenters. The number of nitrogens with two attached hydrogens (primary N) is 1. The number of hydrogen-bond acceptors (Lipinski definition) is 5. The fourth-order valence-corrected chi connectivity index (χ4v) is 4.94. The van der Waals surface area contributed by atoms with Gasteiger partial charge in [0, 0.05) is 24.7 Å². The lowest BCUT2D eigenvalue weighted by Crippen LogP contribution is -2.47. The maximum absolute atomic E-state index is 13.4. The molecular weight excluding hydrogens is 379 g/mol. The van der Waals surface area contributed by atoms with E-state index in [0.29, 0.717) is 28.3 Å². The van der Waals surface area contributed by atoms with Gasteiger partial charge in [0.05, 0.1) is 16.9 Å². The van der Waals surface area contributed by atoms with Crippen LogP contribution in [0, 0.1) is 11.2 Å². The summed E-state index contributed by atoms with van der Waals surface area (Å²) in [7, 11) is 0. The summed E-state index contributed by atoms with van der Waals surface area (Å²) in [6, 6.07) is 4.89. The summed E-state index contributed by atoms with van der Waals surface area (Å²) in [5.41, 5.74) is 9.31. The SMILES string of the molecule is N[C@@H]1CCCC12CCN(c1cnc3c(-c4ccc(F)c(Cl)c4)[nH]nc3n1)CC2. The maximum Gasteiger partial charge on any atom is 0.202 e. The molecule has 5 rings (SSSR count). The summed E-state index contributed by atoms with van der Waals surface area (Å²) in [6.07, 6.45) is 7.64. The number of piperidine rings is 1. The molecule has 2 aromatic heterocycles. The zero-order valence-corrected chi connectivity index (χ0v) is 16.2. The lowest BCUT2D eigenvalue weighted by molar-refractivity contribution is 0.197. The minimum absolute atomic E-state index is 0.0668. The Kier molecular flexibility index (Phi) is 4.25. The molecule has 1 aliphatic carbocycles. The van der Waals surface area contributed by atoms with Gasteiger partial charge >= 0.3 is 0 Å². The van der Waals surface area contributed by atoms with E-state index in [1.165, 1.54) is 18.9 Å². The fourth-order valence-electron chi connectivity index (χ4n) is 4.76. The number of halogens is 2. The second-order valence-corrected chi connectivity index (χ2v) is 8.38. The van der Waals surface area contributed by atoms with Gasteiger partial charge in [0.25, 0.3) is 0 Å². The van der Waals surface area contributed by atoms with E-state index in [4.69, 9.17) is 22.3 Å². The largest absolute Gasteiger partial charge is 0.355 e. The predicted molar refractivity (Wildman–Crippen MR) is 108 cm³/mol. The quantitative estimate of drug-likeness (QED) is 0.681. The monoisotopic (exact) mass is 400 g/mol. The smallest absolute Gasteiger partial charge is 0.202 e. The Morgan fingerprint density at radius 1 is 1.25 bits per heavy atom. The molecule has 8 heteroatoms. The third-order valence-electron chi connectivity index (χ3n) is 6.52. The van der Waals surface area contributed by atoms with Crippen LogP contribution >= 0.6 is 11.6 Å². The summed E-state index contributed by atoms with van der Waals surface area (Å²) in [4.78, 5) is 11.6. The van der Waals surface area contributed by atoms with Crippen LogP contribution in [-0.2, 0) is 0 Å². The maximum atomic E-state index is 13.4. The van der Waals surface area contributed by atoms with Crippen LogP contribution in [0.15, 0.2) is 24.4 Å². The molecule has 0 amide bonds. The fraction of sp³-hybridized carbons (Fsp3) is 0.450. The van der Waals surface area contributed by atoms with Crippen molar-refractivity contribution in [2.24, 2.45) is 11.1 Å². The molecule has 0 radical (unpaired) electrons. The van der Waals surface area contributed by atoms with E-state index in [0.717, 1.165) is 43.7 Å². The number of nitrogens with zero attached hydrogens (tertiary/aromatic N) is 4. The van der Waals surface area contributed by atoms with Gasteiger partial charge in [-0.1, -0.05) is 18.0 Å². The standard InChI is InChI=1S/C20H22ClFN6/c21-13-10-12(3-4-14(13)22)17-18-19(27-26-17)25-16(11-24-18)28-8-6-20(7-9-28)5-1-2-15(20)23/h3-4,10-11,15H,1-2,5-9,23H2,(H,25,26,27)/t15-/m1/s1. The average molecular weight is 401 g/mol. The third kappa shape index (κ3) is 2.84. The van der Waals surface area contributed by atoms with Crippen LogP contribution in [0.25, 0.3) is 22.4 Å². The van der Waals surface area contributed by atoms with Gasteiger partial charge < -0.3 is 10.6 Å². The molecule has 6 nitrogen and oxygen atoms in total. The Balaban J connectivity index is 1.40. The van der Waals surface area contributed by atoms with E-state index in [1.807, 2.05) is 0 Å². The minimum atomic E-state index is -0.451. The first-order chi connectivity index (χ1) is 13.6. The highest BCUT2D eigenvalue weighted by atomic mass is 35.5. The highest BCUT2D eigenvalue weighted by molar-refractivity contribution is 6.31. The van der Waals surface area contributed by atoms with Crippen molar-refractivity contribution in [2.45, 2.75) is 38.1 Å². The minimum Gasteiger partial charge on any atom is -0.355 e. The van der Waals surface area contributed by atoms with Crippen molar-refractivity contribution in [3.8, 4) is 11.3 Å². The molecule has 28 heavy (non-hydrogen) atoms. The van der Waals surface area contributed by atoms with Crippen LogP contribution < -0.4 is 10.6 Å². The van der Waals surface area contributed by atoms with Gasteiger partial charge in [0.1, 0.15) is 17.2 Å². The molecule has 146 valence electrons. The number of aromatic nitrogens is 4. The molecule has 3 N–H and O–H groups in total. The topological polar surface area (TPSA) is 83.7 Å². The van der Waals surface area contributed by atoms with Gasteiger partial charge in [0.2, 0.25) is 5.65 Å². The van der Waals surface area contributed by atoms with Crippen molar-refractivity contribution in [3.05, 3.63) is 35.2 Å². The molecule has 1 spiro atoms. The molecule has 1 saturated heterocycles. The predicted octanol–water partition coefficient (Wildman–Crippen LogP) is 3.91. The van der Waals surface area contributed by atoms with Crippen molar-refractivity contribution < 1.29 is 4.39 Å². The van der Waals surface area contributed by atoms with Crippen molar-refractivity contribution in [1.29, 1.82) is 0 Å². The van der Waals surface area contributed by atoms with Gasteiger partial charge in [0.15, 0.2) is 0 Å². The van der Waals surface area contributed by atoms with Gasteiger partial charge in [-0.15, -0.1) is 0 Å². The molecule has 3 heterocycles. The summed E-state index contributed by atoms with van der Waals surface area (Å²) < 4.78 is 13.4. The summed E-state index contributed by atoms with van der Waals surface area (Å²) in [5, 5.41) is 7.33. The van der Waals surface area contributed by atoms with Crippen molar-refractivity contribution in [3.63, 3.8) is 0 Å². The van der Waals surface area contributed by atoms with Crippen LogP contribution in [0.2, 0.25) is 5.02 Å². The van der Waals surface area contributed by atoms with E-state index in [-0.39, 0.29) is 5.02 Å². The molecule has 1 aliphatic heterocycles. The summed E-state index contributed by atoms with van der Waals surface area (Å²) in [6.45, 7) is 1.89. The normalized spacial score (nSPS) is 21.7. The van der Waals surface area contributed by atoms with Gasteiger partial charge in [-0.05, 0) is 49.3 Å².